The molecule has 1 heterocycles. The van der Waals surface area contributed by atoms with Crippen molar-refractivity contribution in [3.8, 4) is 0 Å². The molecule has 0 aliphatic carbocycles. The van der Waals surface area contributed by atoms with Crippen molar-refractivity contribution in [1.82, 2.24) is 9.84 Å². The van der Waals surface area contributed by atoms with Crippen LogP contribution < -0.4 is 4.83 Å². The summed E-state index contributed by atoms with van der Waals surface area (Å²) < 4.78 is 0. The predicted molar refractivity (Wildman–Crippen MR) is 35.4 cm³/mol. The Kier molecular flexibility index (Phi) is 1.67. The fraction of sp³-hybridized carbons (Fsp3) is 0. The van der Waals surface area contributed by atoms with Gasteiger partial charge in [-0.05, 0) is 11.9 Å². The summed E-state index contributed by atoms with van der Waals surface area (Å²) in [5.41, 5.74) is 1.54. The topological polar surface area (TPSA) is 15.3 Å². The highest BCUT2D eigenvalue weighted by Gasteiger charge is 1.95. The molecule has 0 aromatic heterocycles. The van der Waals surface area contributed by atoms with Crippen molar-refractivity contribution in [1.29, 1.82) is 0 Å². The van der Waals surface area contributed by atoms with E-state index in [9.17, 15) is 0 Å². The molecule has 1 aliphatic heterocycles. The van der Waals surface area contributed by atoms with E-state index in [1.807, 2.05) is 11.6 Å². The summed E-state index contributed by atoms with van der Waals surface area (Å²) in [7, 11) is 0. The summed E-state index contributed by atoms with van der Waals surface area (Å²) in [6.07, 6.45) is 1.86. The molecular formula is C3H4N2S2. The van der Waals surface area contributed by atoms with Crippen molar-refractivity contribution in [3.05, 3.63) is 11.6 Å². The van der Waals surface area contributed by atoms with Gasteiger partial charge in [0, 0.05) is 11.6 Å². The first-order valence-corrected chi connectivity index (χ1v) is 3.10. The largest absolute Gasteiger partial charge is 0.270 e. The molecule has 0 aromatic rings. The molecule has 0 atom stereocenters. The van der Waals surface area contributed by atoms with Gasteiger partial charge in [-0.25, -0.2) is 0 Å². The molecule has 2 nitrogen and oxygen atoms in total. The highest BCUT2D eigenvalue weighted by atomic mass is 32.2. The fourth-order valence-electron chi connectivity index (χ4n) is 0.274. The summed E-state index contributed by atoms with van der Waals surface area (Å²) in [6, 6.07) is 0. The maximum atomic E-state index is 4.59. The summed E-state index contributed by atoms with van der Waals surface area (Å²) in [4.78, 5) is 2.89. The van der Waals surface area contributed by atoms with Gasteiger partial charge in [-0.15, -0.1) is 0 Å². The average molecular weight is 132 g/mol. The van der Waals surface area contributed by atoms with Gasteiger partial charge in [-0.2, -0.15) is 4.83 Å². The molecule has 0 saturated heterocycles. The summed E-state index contributed by atoms with van der Waals surface area (Å²) >= 11 is 6.09. The Balaban J connectivity index is 2.42. The number of thiocarbonyl (C=S) groups is 1. The highest BCUT2D eigenvalue weighted by Crippen LogP contribution is 2.04. The Morgan fingerprint density at radius 1 is 1.86 bits per heavy atom. The monoisotopic (exact) mass is 132 g/mol. The molecule has 0 spiro atoms. The summed E-state index contributed by atoms with van der Waals surface area (Å²) in [5, 5.41) is 3.63. The second-order valence-corrected chi connectivity index (χ2v) is 1.91. The Hall–Kier alpha value is -0.0600. The number of nitrogens with zero attached hydrogens (tertiary/aromatic N) is 1. The SMILES string of the molecule is S=CN1C=CSN1. The first kappa shape index (κ1) is 5.08. The van der Waals surface area contributed by atoms with Crippen molar-refractivity contribution in [3.63, 3.8) is 0 Å². The maximum absolute atomic E-state index is 4.59. The van der Waals surface area contributed by atoms with Gasteiger partial charge in [0.1, 0.15) is 0 Å². The molecule has 1 rings (SSSR count). The van der Waals surface area contributed by atoms with Crippen molar-refractivity contribution in [2.45, 2.75) is 0 Å². The molecule has 7 heavy (non-hydrogen) atoms. The predicted octanol–water partition coefficient (Wildman–Crippen LogP) is 0.883. The van der Waals surface area contributed by atoms with Crippen molar-refractivity contribution in [2.24, 2.45) is 0 Å². The second kappa shape index (κ2) is 2.30. The van der Waals surface area contributed by atoms with E-state index in [-0.39, 0.29) is 0 Å². The minimum absolute atomic E-state index is 1.50. The van der Waals surface area contributed by atoms with Gasteiger partial charge in [0.15, 0.2) is 0 Å². The van der Waals surface area contributed by atoms with Crippen LogP contribution in [0.4, 0.5) is 0 Å². The van der Waals surface area contributed by atoms with Crippen LogP contribution in [0.25, 0.3) is 0 Å². The third-order valence-corrected chi connectivity index (χ3v) is 1.36. The van der Waals surface area contributed by atoms with Crippen LogP contribution in [0.1, 0.15) is 0 Å². The fourth-order valence-corrected chi connectivity index (χ4v) is 0.952. The summed E-state index contributed by atoms with van der Waals surface area (Å²) in [5.74, 6) is 0. The van der Waals surface area contributed by atoms with Crippen LogP contribution in [0.3, 0.4) is 0 Å². The number of hydrogen-bond acceptors (Lipinski definition) is 3. The third kappa shape index (κ3) is 1.15. The zero-order valence-corrected chi connectivity index (χ0v) is 5.13. The normalized spacial score (nSPS) is 18.0. The van der Waals surface area contributed by atoms with Crippen LogP contribution in [-0.4, -0.2) is 10.5 Å². The maximum Gasteiger partial charge on any atom is 0.0848 e. The molecule has 38 valence electrons. The number of hydrazine groups is 1. The molecular weight excluding hydrogens is 128 g/mol. The Morgan fingerprint density at radius 2 is 2.71 bits per heavy atom. The van der Waals surface area contributed by atoms with E-state index in [4.69, 9.17) is 0 Å². The van der Waals surface area contributed by atoms with E-state index in [2.05, 4.69) is 17.0 Å². The first-order valence-electron chi connectivity index (χ1n) is 1.75. The zero-order chi connectivity index (χ0) is 5.11. The smallest absolute Gasteiger partial charge is 0.0848 e. The molecule has 4 heteroatoms. The lowest BCUT2D eigenvalue weighted by molar-refractivity contribution is 0.575. The number of rotatable bonds is 1. The minimum Gasteiger partial charge on any atom is -0.270 e. The van der Waals surface area contributed by atoms with Gasteiger partial charge in [0.05, 0.1) is 5.49 Å². The molecule has 0 unspecified atom stereocenters. The lowest BCUT2D eigenvalue weighted by Crippen LogP contribution is -2.20. The van der Waals surface area contributed by atoms with E-state index >= 15 is 0 Å². The number of nitrogens with one attached hydrogen (secondary N) is 1. The van der Waals surface area contributed by atoms with E-state index < -0.39 is 0 Å². The van der Waals surface area contributed by atoms with Gasteiger partial charge < -0.3 is 0 Å². The van der Waals surface area contributed by atoms with Crippen molar-refractivity contribution < 1.29 is 0 Å². The lowest BCUT2D eigenvalue weighted by Gasteiger charge is -2.03. The minimum atomic E-state index is 1.50. The van der Waals surface area contributed by atoms with Crippen LogP contribution in [0, 0.1) is 0 Å². The molecule has 0 aromatic carbocycles. The van der Waals surface area contributed by atoms with Gasteiger partial charge in [-0.3, -0.25) is 5.01 Å². The molecule has 0 radical (unpaired) electrons. The van der Waals surface area contributed by atoms with Crippen LogP contribution in [0.2, 0.25) is 0 Å². The van der Waals surface area contributed by atoms with Crippen LogP contribution >= 0.6 is 24.2 Å². The Labute approximate surface area is 51.7 Å². The van der Waals surface area contributed by atoms with Crippen LogP contribution in [-0.2, 0) is 0 Å². The van der Waals surface area contributed by atoms with Crippen molar-refractivity contribution in [2.75, 3.05) is 0 Å². The van der Waals surface area contributed by atoms with Gasteiger partial charge in [-0.1, -0.05) is 12.2 Å². The molecule has 1 N–H and O–H groups in total. The quantitative estimate of drug-likeness (QED) is 0.420. The zero-order valence-electron chi connectivity index (χ0n) is 3.50. The average Bonchev–Trinajstić information content (AvgIpc) is 2.14. The summed E-state index contributed by atoms with van der Waals surface area (Å²) in [6.45, 7) is 0. The van der Waals surface area contributed by atoms with E-state index in [0.717, 1.165) is 0 Å². The Bertz CT molecular complexity index is 101. The molecule has 1 aliphatic rings. The van der Waals surface area contributed by atoms with E-state index in [1.165, 1.54) is 17.4 Å². The lowest BCUT2D eigenvalue weighted by atomic mass is 11.0. The third-order valence-electron chi connectivity index (χ3n) is 0.561. The van der Waals surface area contributed by atoms with Crippen LogP contribution in [0.15, 0.2) is 11.6 Å². The highest BCUT2D eigenvalue weighted by molar-refractivity contribution is 8.00. The molecule has 0 saturated carbocycles. The standard InChI is InChI=1S/C3H4N2S2/c6-3-5-1-2-7-4-5/h1-4H. The molecule has 0 amide bonds. The Morgan fingerprint density at radius 3 is 3.00 bits per heavy atom. The first-order chi connectivity index (χ1) is 3.43. The van der Waals surface area contributed by atoms with Crippen molar-refractivity contribution >= 4 is 29.7 Å². The molecule has 0 fully saturated rings. The molecule has 0 bridgehead atoms. The van der Waals surface area contributed by atoms with Gasteiger partial charge in [0.25, 0.3) is 0 Å². The van der Waals surface area contributed by atoms with Gasteiger partial charge >= 0.3 is 0 Å². The number of hydrogen-bond donors (Lipinski definition) is 1. The second-order valence-electron chi connectivity index (χ2n) is 1.01. The van der Waals surface area contributed by atoms with E-state index in [1.54, 1.807) is 5.01 Å². The van der Waals surface area contributed by atoms with E-state index in [0.29, 0.717) is 0 Å². The van der Waals surface area contributed by atoms with Crippen LogP contribution in [0.5, 0.6) is 0 Å². The van der Waals surface area contributed by atoms with Gasteiger partial charge in [0.2, 0.25) is 0 Å².